The normalized spacial score (nSPS) is 11.0. The molecule has 0 fully saturated rings. The highest BCUT2D eigenvalue weighted by Gasteiger charge is 1.92. The van der Waals surface area contributed by atoms with E-state index >= 15 is 0 Å². The summed E-state index contributed by atoms with van der Waals surface area (Å²) in [6.07, 6.45) is 3.71. The lowest BCUT2D eigenvalue weighted by Crippen LogP contribution is -2.03. The van der Waals surface area contributed by atoms with Crippen molar-refractivity contribution in [3.05, 3.63) is 0 Å². The number of hydrogen-bond donors (Lipinski definition) is 1. The molecule has 3 nitrogen and oxygen atoms in total. The molecule has 0 rings (SSSR count). The van der Waals surface area contributed by atoms with Crippen molar-refractivity contribution in [3.63, 3.8) is 0 Å². The zero-order chi connectivity index (χ0) is 8.41. The van der Waals surface area contributed by atoms with Crippen molar-refractivity contribution in [2.75, 3.05) is 0 Å². The first-order chi connectivity index (χ1) is 4.72. The summed E-state index contributed by atoms with van der Waals surface area (Å²) in [5.74, 6) is 0. The first-order valence-corrected chi connectivity index (χ1v) is 4.11. The molecule has 1 atom stereocenters. The lowest BCUT2D eigenvalue weighted by atomic mass is 10.2. The summed E-state index contributed by atoms with van der Waals surface area (Å²) in [6, 6.07) is 0. The van der Waals surface area contributed by atoms with E-state index in [0.29, 0.717) is 6.10 Å². The molecule has 0 spiro atoms. The van der Waals surface area contributed by atoms with Crippen LogP contribution in [0, 0.1) is 5.41 Å². The highest BCUT2D eigenvalue weighted by molar-refractivity contribution is 5.98. The largest absolute Gasteiger partial charge is 0.425 e. The van der Waals surface area contributed by atoms with E-state index in [2.05, 4.69) is 13.8 Å². The summed E-state index contributed by atoms with van der Waals surface area (Å²) in [5.41, 5.74) is 0. The van der Waals surface area contributed by atoms with Crippen LogP contribution in [0.3, 0.4) is 0 Å². The Hall–Kier alpha value is -0.443. The van der Waals surface area contributed by atoms with Crippen molar-refractivity contribution >= 4 is 16.6 Å². The summed E-state index contributed by atoms with van der Waals surface area (Å²) < 4.78 is 5.13. The van der Waals surface area contributed by atoms with Gasteiger partial charge in [0.25, 0.3) is 0 Å². The highest BCUT2D eigenvalue weighted by atomic mass is 28.2. The lowest BCUT2D eigenvalue weighted by molar-refractivity contribution is 0.230. The van der Waals surface area contributed by atoms with Crippen LogP contribution in [0.1, 0.15) is 26.7 Å². The topological polar surface area (TPSA) is 50.1 Å². The van der Waals surface area contributed by atoms with Gasteiger partial charge in [-0.05, 0) is 13.3 Å². The van der Waals surface area contributed by atoms with Gasteiger partial charge in [-0.3, -0.25) is 0 Å². The monoisotopic (exact) mass is 161 g/mol. The summed E-state index contributed by atoms with van der Waals surface area (Å²) in [7, 11) is 0.887. The Balaban J connectivity index is 0. The van der Waals surface area contributed by atoms with E-state index in [1.54, 1.807) is 0 Å². The van der Waals surface area contributed by atoms with Gasteiger partial charge in [0.1, 0.15) is 10.5 Å². The molecule has 0 bridgehead atoms. The van der Waals surface area contributed by atoms with Crippen LogP contribution in [-0.2, 0) is 9.22 Å². The molecule has 0 aliphatic carbocycles. The minimum atomic E-state index is 0.511. The van der Waals surface area contributed by atoms with Gasteiger partial charge in [0, 0.05) is 6.10 Å². The quantitative estimate of drug-likeness (QED) is 0.369. The van der Waals surface area contributed by atoms with Gasteiger partial charge in [-0.1, -0.05) is 13.3 Å². The van der Waals surface area contributed by atoms with Crippen LogP contribution in [0.15, 0.2) is 0 Å². The average molecular weight is 161 g/mol. The maximum Gasteiger partial charge on any atom is 0.231 e. The Morgan fingerprint density at radius 1 is 1.80 bits per heavy atom. The fourth-order valence-corrected chi connectivity index (χ4v) is 0.760. The molecule has 0 saturated heterocycles. The average Bonchev–Trinajstić information content (AvgIpc) is 1.90. The highest BCUT2D eigenvalue weighted by Crippen LogP contribution is 1.96. The molecule has 0 saturated carbocycles. The van der Waals surface area contributed by atoms with Crippen molar-refractivity contribution in [3.8, 4) is 0 Å². The van der Waals surface area contributed by atoms with Crippen molar-refractivity contribution in [1.82, 2.24) is 0 Å². The SMILES string of the molecule is CCCC(C)O[SiH3].N=C=O. The van der Waals surface area contributed by atoms with E-state index in [1.165, 1.54) is 12.8 Å². The standard InChI is InChI=1S/C5H14OSi.CHNO/c1-3-4-5(2)6-7;2-1-3/h5H,3-4H2,1-2,7H3;2H. The molecule has 0 amide bonds. The molecular weight excluding hydrogens is 146 g/mol. The van der Waals surface area contributed by atoms with Crippen LogP contribution in [0.4, 0.5) is 0 Å². The maximum absolute atomic E-state index is 8.35. The molecular formula is C6H15NO2Si. The molecule has 60 valence electrons. The Morgan fingerprint density at radius 2 is 2.20 bits per heavy atom. The Kier molecular flexibility index (Phi) is 13.9. The number of isocyanates is 1. The second-order valence-corrected chi connectivity index (χ2v) is 2.41. The van der Waals surface area contributed by atoms with E-state index in [4.69, 9.17) is 14.6 Å². The first kappa shape index (κ1) is 12.3. The van der Waals surface area contributed by atoms with Crippen LogP contribution in [0.2, 0.25) is 0 Å². The minimum Gasteiger partial charge on any atom is -0.425 e. The summed E-state index contributed by atoms with van der Waals surface area (Å²) in [4.78, 5) is 8.35. The van der Waals surface area contributed by atoms with Gasteiger partial charge in [-0.2, -0.15) is 0 Å². The molecule has 0 aliphatic heterocycles. The second-order valence-electron chi connectivity index (χ2n) is 1.94. The van der Waals surface area contributed by atoms with Gasteiger partial charge in [0.2, 0.25) is 6.08 Å². The van der Waals surface area contributed by atoms with Gasteiger partial charge >= 0.3 is 0 Å². The number of rotatable bonds is 3. The summed E-state index contributed by atoms with van der Waals surface area (Å²) in [5, 5.41) is 5.40. The fraction of sp³-hybridized carbons (Fsp3) is 0.833. The van der Waals surface area contributed by atoms with Crippen LogP contribution >= 0.6 is 0 Å². The Bertz CT molecular complexity index is 91.7. The third kappa shape index (κ3) is 15.6. The summed E-state index contributed by atoms with van der Waals surface area (Å²) >= 11 is 0. The van der Waals surface area contributed by atoms with Crippen molar-refractivity contribution in [1.29, 1.82) is 5.41 Å². The zero-order valence-electron chi connectivity index (χ0n) is 6.81. The van der Waals surface area contributed by atoms with Gasteiger partial charge < -0.3 is 4.43 Å². The number of carbonyl (C=O) groups excluding carboxylic acids is 1. The van der Waals surface area contributed by atoms with E-state index in [9.17, 15) is 0 Å². The van der Waals surface area contributed by atoms with Crippen LogP contribution < -0.4 is 0 Å². The van der Waals surface area contributed by atoms with Gasteiger partial charge in [-0.25, -0.2) is 10.2 Å². The molecule has 0 heterocycles. The smallest absolute Gasteiger partial charge is 0.231 e. The Morgan fingerprint density at radius 3 is 2.30 bits per heavy atom. The molecule has 0 aromatic heterocycles. The first-order valence-electron chi connectivity index (χ1n) is 3.29. The van der Waals surface area contributed by atoms with E-state index < -0.39 is 0 Å². The van der Waals surface area contributed by atoms with Crippen molar-refractivity contribution in [2.45, 2.75) is 32.8 Å². The molecule has 0 aromatic rings. The van der Waals surface area contributed by atoms with Gasteiger partial charge in [0.05, 0.1) is 0 Å². The maximum atomic E-state index is 8.35. The fourth-order valence-electron chi connectivity index (χ4n) is 0.524. The van der Waals surface area contributed by atoms with E-state index in [-0.39, 0.29) is 0 Å². The molecule has 0 radical (unpaired) electrons. The Labute approximate surface area is 64.8 Å². The predicted molar refractivity (Wildman–Crippen MR) is 43.8 cm³/mol. The zero-order valence-corrected chi connectivity index (χ0v) is 8.81. The predicted octanol–water partition coefficient (Wildman–Crippen LogP) is 0.373. The second kappa shape index (κ2) is 11.4. The lowest BCUT2D eigenvalue weighted by Gasteiger charge is -2.05. The van der Waals surface area contributed by atoms with E-state index in [1.807, 2.05) is 0 Å². The van der Waals surface area contributed by atoms with Crippen LogP contribution in [0.5, 0.6) is 0 Å². The van der Waals surface area contributed by atoms with Gasteiger partial charge in [-0.15, -0.1) is 0 Å². The van der Waals surface area contributed by atoms with Crippen LogP contribution in [-0.4, -0.2) is 22.7 Å². The van der Waals surface area contributed by atoms with Crippen molar-refractivity contribution in [2.24, 2.45) is 0 Å². The molecule has 0 aliphatic rings. The number of nitrogens with one attached hydrogen (secondary N) is 1. The number of hydrogen-bond acceptors (Lipinski definition) is 3. The van der Waals surface area contributed by atoms with Crippen LogP contribution in [0.25, 0.3) is 0 Å². The van der Waals surface area contributed by atoms with E-state index in [0.717, 1.165) is 16.6 Å². The van der Waals surface area contributed by atoms with Gasteiger partial charge in [0.15, 0.2) is 0 Å². The third-order valence-electron chi connectivity index (χ3n) is 1.10. The van der Waals surface area contributed by atoms with Crippen molar-refractivity contribution < 1.29 is 9.22 Å². The molecule has 10 heavy (non-hydrogen) atoms. The summed E-state index contributed by atoms with van der Waals surface area (Å²) in [6.45, 7) is 4.30. The third-order valence-corrected chi connectivity index (χ3v) is 1.90. The molecule has 1 N–H and O–H groups in total. The molecule has 4 heteroatoms. The molecule has 1 unspecified atom stereocenters. The minimum absolute atomic E-state index is 0.511. The molecule has 0 aromatic carbocycles.